The molecular formula is C38H37F6N11O3. The van der Waals surface area contributed by atoms with Crippen LogP contribution >= 0.6 is 0 Å². The zero-order valence-electron chi connectivity index (χ0n) is 31.3. The number of hydrazine groups is 2. The van der Waals surface area contributed by atoms with Crippen molar-refractivity contribution in [1.29, 1.82) is 5.26 Å². The van der Waals surface area contributed by atoms with Gasteiger partial charge in [-0.15, -0.1) is 5.53 Å². The van der Waals surface area contributed by atoms with Crippen molar-refractivity contribution in [2.24, 2.45) is 7.05 Å². The van der Waals surface area contributed by atoms with Crippen LogP contribution < -0.4 is 26.8 Å². The molecule has 14 nitrogen and oxygen atoms in total. The first-order chi connectivity index (χ1) is 27.3. The van der Waals surface area contributed by atoms with Gasteiger partial charge in [0.25, 0.3) is 5.91 Å². The van der Waals surface area contributed by atoms with E-state index in [1.165, 1.54) is 49.9 Å². The van der Waals surface area contributed by atoms with E-state index in [9.17, 15) is 41.6 Å². The molecule has 2 aliphatic rings. The molecule has 0 fully saturated rings. The molecule has 5 heterocycles. The van der Waals surface area contributed by atoms with Crippen LogP contribution in [0.1, 0.15) is 54.6 Å². The van der Waals surface area contributed by atoms with Gasteiger partial charge < -0.3 is 20.2 Å². The summed E-state index contributed by atoms with van der Waals surface area (Å²) in [5.41, 5.74) is 5.65. The highest BCUT2D eigenvalue weighted by Gasteiger charge is 2.40. The van der Waals surface area contributed by atoms with E-state index in [2.05, 4.69) is 32.5 Å². The van der Waals surface area contributed by atoms with E-state index in [0.717, 1.165) is 34.1 Å². The Bertz CT molecular complexity index is 2560. The molecule has 304 valence electrons. The van der Waals surface area contributed by atoms with E-state index >= 15 is 4.39 Å². The molecule has 3 N–H and O–H groups in total. The first-order valence-corrected chi connectivity index (χ1v) is 17.8. The molecule has 5 aromatic rings. The maximum Gasteiger partial charge on any atom is 0.435 e. The average molecular weight is 810 g/mol. The van der Waals surface area contributed by atoms with Crippen molar-refractivity contribution in [2.75, 3.05) is 24.0 Å². The first-order valence-electron chi connectivity index (χ1n) is 17.8. The van der Waals surface area contributed by atoms with Crippen LogP contribution in [0.25, 0.3) is 22.4 Å². The maximum absolute atomic E-state index is 15.8. The molecule has 7 rings (SSSR count). The number of anilines is 2. The Labute approximate surface area is 327 Å². The van der Waals surface area contributed by atoms with Gasteiger partial charge in [-0.2, -0.15) is 37.4 Å². The topological polar surface area (TPSA) is 158 Å². The number of alkyl halides is 5. The van der Waals surface area contributed by atoms with Crippen LogP contribution in [0, 0.1) is 17.1 Å². The number of fused-ring (bicyclic) bond motifs is 2. The standard InChI is InChI=1S/C38H35F6N11O3.H2/c1-37(2,19-55-28(14-31(49-55)38(42,43)44)21-5-8-32(56)51(3)18-21)47-34(57)30(11-20-16-46-54(17-20)36(40)41)53-10-9-24-23(6-7-26(39)33(24)35(53)58)25-13-29-27(12-22(25)15-45)48-50-52(29)4;/h5-8,12-14,16-18,30,36,48,50H,9-11,19H2,1-4H3,(H,47,57);1H/t30-;/m1./s1. The zero-order valence-corrected chi connectivity index (χ0v) is 31.3. The fourth-order valence-corrected chi connectivity index (χ4v) is 7.26. The summed E-state index contributed by atoms with van der Waals surface area (Å²) in [6.07, 6.45) is -1.67. The van der Waals surface area contributed by atoms with E-state index in [1.54, 1.807) is 24.2 Å². The predicted octanol–water partition coefficient (Wildman–Crippen LogP) is 5.27. The lowest BCUT2D eigenvalue weighted by atomic mass is 9.87. The highest BCUT2D eigenvalue weighted by atomic mass is 19.4. The summed E-state index contributed by atoms with van der Waals surface area (Å²) in [4.78, 5) is 41.9. The number of carbonyl (C=O) groups is 2. The highest BCUT2D eigenvalue weighted by Crippen LogP contribution is 2.40. The van der Waals surface area contributed by atoms with E-state index < -0.39 is 53.2 Å². The fourth-order valence-electron chi connectivity index (χ4n) is 7.26. The van der Waals surface area contributed by atoms with Crippen molar-refractivity contribution in [2.45, 2.75) is 57.5 Å². The number of aryl methyl sites for hydroxylation is 1. The molecule has 0 bridgehead atoms. The average Bonchev–Trinajstić information content (AvgIpc) is 3.90. The summed E-state index contributed by atoms with van der Waals surface area (Å²) in [5.74, 6) is -2.58. The van der Waals surface area contributed by atoms with Gasteiger partial charge in [-0.1, -0.05) is 6.07 Å². The predicted molar refractivity (Wildman–Crippen MR) is 200 cm³/mol. The summed E-state index contributed by atoms with van der Waals surface area (Å²) in [5, 5.41) is 21.9. The number of amides is 2. The SMILES string of the molecule is CN1NNc2cc(C#N)c(-c3ccc(F)c4c3CCN([C@H](Cc3cnn(C(F)F)c3)C(=O)NC(C)(C)Cn3nc(C(F)(F)F)cc3-c3ccc(=O)n(C)c3)C4=O)cc21.[HH]. The third kappa shape index (κ3) is 7.47. The summed E-state index contributed by atoms with van der Waals surface area (Å²) >= 11 is 0. The van der Waals surface area contributed by atoms with Gasteiger partial charge in [-0.05, 0) is 67.3 Å². The molecule has 0 aliphatic carbocycles. The number of nitrogens with one attached hydrogen (secondary N) is 3. The van der Waals surface area contributed by atoms with E-state index in [1.807, 2.05) is 0 Å². The number of aromatic nitrogens is 5. The lowest BCUT2D eigenvalue weighted by Gasteiger charge is -2.37. The third-order valence-corrected chi connectivity index (χ3v) is 10.0. The number of rotatable bonds is 10. The smallest absolute Gasteiger partial charge is 0.348 e. The van der Waals surface area contributed by atoms with Crippen LogP contribution in [0.15, 0.2) is 65.8 Å². The zero-order chi connectivity index (χ0) is 41.8. The van der Waals surface area contributed by atoms with Gasteiger partial charge in [0.2, 0.25) is 11.5 Å². The Morgan fingerprint density at radius 3 is 2.50 bits per heavy atom. The molecule has 0 saturated heterocycles. The minimum atomic E-state index is -4.83. The largest absolute Gasteiger partial charge is 0.435 e. The molecule has 0 radical (unpaired) electrons. The lowest BCUT2D eigenvalue weighted by molar-refractivity contribution is -0.141. The van der Waals surface area contributed by atoms with Crippen molar-refractivity contribution >= 4 is 23.2 Å². The monoisotopic (exact) mass is 809 g/mol. The number of hydrogen-bond acceptors (Lipinski definition) is 9. The molecule has 58 heavy (non-hydrogen) atoms. The number of halogens is 6. The summed E-state index contributed by atoms with van der Waals surface area (Å²) in [6.45, 7) is -0.440. The first kappa shape index (κ1) is 39.6. The Morgan fingerprint density at radius 1 is 1.07 bits per heavy atom. The highest BCUT2D eigenvalue weighted by molar-refractivity contribution is 6.02. The van der Waals surface area contributed by atoms with Crippen LogP contribution in [0.3, 0.4) is 0 Å². The second-order valence-corrected chi connectivity index (χ2v) is 14.7. The van der Waals surface area contributed by atoms with Crippen molar-refractivity contribution < 1.29 is 37.4 Å². The lowest BCUT2D eigenvalue weighted by Crippen LogP contribution is -2.58. The second kappa shape index (κ2) is 14.7. The molecule has 2 aromatic carbocycles. The molecule has 0 unspecified atom stereocenters. The van der Waals surface area contributed by atoms with Crippen molar-refractivity contribution in [3.05, 3.63) is 105 Å². The minimum absolute atomic E-state index is 0. The Morgan fingerprint density at radius 2 is 1.83 bits per heavy atom. The van der Waals surface area contributed by atoms with Gasteiger partial charge in [-0.25, -0.2) is 9.07 Å². The molecule has 20 heteroatoms. The molecular weight excluding hydrogens is 772 g/mol. The van der Waals surface area contributed by atoms with E-state index in [0.29, 0.717) is 32.7 Å². The number of pyridine rings is 1. The molecule has 3 aromatic heterocycles. The molecule has 2 aliphatic heterocycles. The molecule has 0 saturated carbocycles. The quantitative estimate of drug-likeness (QED) is 0.160. The third-order valence-electron chi connectivity index (χ3n) is 10.0. The van der Waals surface area contributed by atoms with Crippen molar-refractivity contribution in [1.82, 2.24) is 39.9 Å². The summed E-state index contributed by atoms with van der Waals surface area (Å²) < 4.78 is 87.2. The fraction of sp³-hybridized carbons (Fsp3) is 0.316. The van der Waals surface area contributed by atoms with Gasteiger partial charge in [0.15, 0.2) is 5.69 Å². The summed E-state index contributed by atoms with van der Waals surface area (Å²) in [6, 6.07) is 9.99. The Hall–Kier alpha value is -6.62. The molecule has 0 spiro atoms. The van der Waals surface area contributed by atoms with Gasteiger partial charge >= 0.3 is 12.7 Å². The summed E-state index contributed by atoms with van der Waals surface area (Å²) in [7, 11) is 3.18. The Balaban J connectivity index is 0.00000585. The van der Waals surface area contributed by atoms with Gasteiger partial charge in [0.05, 0.1) is 52.5 Å². The molecule has 2 amide bonds. The van der Waals surface area contributed by atoms with Crippen LogP contribution in [0.4, 0.5) is 37.7 Å². The number of hydrogen-bond donors (Lipinski definition) is 3. The number of benzene rings is 2. The maximum atomic E-state index is 15.8. The normalized spacial score (nSPS) is 14.6. The van der Waals surface area contributed by atoms with Crippen molar-refractivity contribution in [3.8, 4) is 28.5 Å². The van der Waals surface area contributed by atoms with Gasteiger partial charge in [0.1, 0.15) is 11.9 Å². The van der Waals surface area contributed by atoms with Crippen molar-refractivity contribution in [3.63, 3.8) is 0 Å². The molecule has 1 atom stereocenters. The van der Waals surface area contributed by atoms with E-state index in [4.69, 9.17) is 0 Å². The number of nitriles is 1. The number of carbonyl (C=O) groups excluding carboxylic acids is 2. The van der Waals surface area contributed by atoms with Gasteiger partial charge in [-0.3, -0.25) is 24.1 Å². The van der Waals surface area contributed by atoms with Crippen LogP contribution in [-0.2, 0) is 37.4 Å². The van der Waals surface area contributed by atoms with Gasteiger partial charge in [0, 0.05) is 58.1 Å². The van der Waals surface area contributed by atoms with Crippen LogP contribution in [0.5, 0.6) is 0 Å². The van der Waals surface area contributed by atoms with E-state index in [-0.39, 0.29) is 55.3 Å². The minimum Gasteiger partial charge on any atom is -0.348 e. The second-order valence-electron chi connectivity index (χ2n) is 14.7. The number of nitrogens with zero attached hydrogens (tertiary/aromatic N) is 8. The Kier molecular flexibility index (Phi) is 10.0. The van der Waals surface area contributed by atoms with Crippen LogP contribution in [-0.4, -0.2) is 66.0 Å². The van der Waals surface area contributed by atoms with Crippen LogP contribution in [0.2, 0.25) is 0 Å².